The summed E-state index contributed by atoms with van der Waals surface area (Å²) in [4.78, 5) is 54.8. The highest BCUT2D eigenvalue weighted by Crippen LogP contribution is 2.54. The number of fused-ring (bicyclic) bond motifs is 2. The first kappa shape index (κ1) is 46.0. The van der Waals surface area contributed by atoms with Gasteiger partial charge in [0.15, 0.2) is 0 Å². The zero-order chi connectivity index (χ0) is 49.9. The molecule has 10 aromatic rings. The number of aromatic carboxylic acids is 2. The maximum Gasteiger partial charge on any atom is 0.343 e. The molecule has 10 aromatic carbocycles. The van der Waals surface area contributed by atoms with Crippen LogP contribution in [0.4, 0.5) is 0 Å². The number of rotatable bonds is 13. The molecule has 0 aromatic heterocycles. The molecule has 2 N–H and O–H groups in total. The number of carbonyl (C=O) groups excluding carboxylic acids is 2. The highest BCUT2D eigenvalue weighted by molar-refractivity contribution is 6.21. The molecule has 0 spiro atoms. The minimum atomic E-state index is -1.24. The third-order valence-electron chi connectivity index (χ3n) is 12.6. The van der Waals surface area contributed by atoms with Crippen molar-refractivity contribution in [2.45, 2.75) is 0 Å². The first-order valence-corrected chi connectivity index (χ1v) is 22.8. The third kappa shape index (κ3) is 8.87. The van der Waals surface area contributed by atoms with Crippen LogP contribution in [0.1, 0.15) is 41.4 Å². The zero-order valence-corrected chi connectivity index (χ0v) is 38.8. The van der Waals surface area contributed by atoms with E-state index in [0.717, 1.165) is 21.9 Å². The van der Waals surface area contributed by atoms with E-state index in [-0.39, 0.29) is 44.9 Å². The Bertz CT molecular complexity index is 3490. The van der Waals surface area contributed by atoms with Crippen LogP contribution in [-0.4, -0.2) is 48.3 Å². The summed E-state index contributed by atoms with van der Waals surface area (Å²) in [6.07, 6.45) is 0. The van der Waals surface area contributed by atoms with E-state index in [1.807, 2.05) is 109 Å². The van der Waals surface area contributed by atoms with Crippen LogP contribution in [0.25, 0.3) is 77.2 Å². The van der Waals surface area contributed by atoms with Crippen molar-refractivity contribution in [1.82, 2.24) is 0 Å². The topological polar surface area (TPSA) is 146 Å². The maximum absolute atomic E-state index is 13.8. The molecule has 0 bridgehead atoms. The molecule has 72 heavy (non-hydrogen) atoms. The molecule has 0 heterocycles. The van der Waals surface area contributed by atoms with Gasteiger partial charge in [-0.1, -0.05) is 109 Å². The average Bonchev–Trinajstić information content (AvgIpc) is 3.42. The fraction of sp³-hybridized carbons (Fsp3) is 0.0323. The smallest absolute Gasteiger partial charge is 0.343 e. The zero-order valence-electron chi connectivity index (χ0n) is 38.8. The van der Waals surface area contributed by atoms with Gasteiger partial charge in [-0.05, 0) is 163 Å². The van der Waals surface area contributed by atoms with Crippen molar-refractivity contribution in [3.63, 3.8) is 0 Å². The van der Waals surface area contributed by atoms with Gasteiger partial charge in [-0.3, -0.25) is 0 Å². The molecule has 0 saturated heterocycles. The first-order valence-electron chi connectivity index (χ1n) is 22.8. The van der Waals surface area contributed by atoms with E-state index in [0.29, 0.717) is 55.7 Å². The molecule has 0 aliphatic rings. The van der Waals surface area contributed by atoms with Crippen molar-refractivity contribution < 1.29 is 48.3 Å². The normalized spacial score (nSPS) is 11.0. The minimum absolute atomic E-state index is 0.0810. The predicted molar refractivity (Wildman–Crippen MR) is 278 cm³/mol. The van der Waals surface area contributed by atoms with Crippen LogP contribution in [0.3, 0.4) is 0 Å². The van der Waals surface area contributed by atoms with Gasteiger partial charge < -0.3 is 29.2 Å². The number of ether oxygens (including phenoxy) is 4. The molecular formula is C62H42O10. The van der Waals surface area contributed by atoms with E-state index >= 15 is 0 Å². The Morgan fingerprint density at radius 1 is 0.347 bits per heavy atom. The van der Waals surface area contributed by atoms with Crippen LogP contribution in [0.2, 0.25) is 0 Å². The summed E-state index contributed by atoms with van der Waals surface area (Å²) in [6.45, 7) is 0. The molecule has 10 rings (SSSR count). The summed E-state index contributed by atoms with van der Waals surface area (Å²) < 4.78 is 22.6. The number of hydrogen-bond donors (Lipinski definition) is 2. The van der Waals surface area contributed by atoms with Gasteiger partial charge in [0, 0.05) is 11.1 Å². The second-order valence-corrected chi connectivity index (χ2v) is 16.8. The molecule has 0 amide bonds. The van der Waals surface area contributed by atoms with E-state index in [4.69, 9.17) is 18.9 Å². The number of esters is 2. The summed E-state index contributed by atoms with van der Waals surface area (Å²) >= 11 is 0. The number of carboxylic acid groups (broad SMARTS) is 2. The highest BCUT2D eigenvalue weighted by atomic mass is 16.5. The van der Waals surface area contributed by atoms with Crippen LogP contribution in [0.5, 0.6) is 23.0 Å². The standard InChI is InChI=1S/C62H42O10/c1-69-43-25-21-39(22-26-43)61(67)71-45-29-31-49(59(63)64)53(35-45)55-47-19-11-9-17-41(47)33-51(37-13-5-3-6-14-37)57(55)58-52(38-15-7-4-8-16-38)34-42-18-10-12-20-48(42)56(58)54-36-46(30-32-50(54)60(65)66)72-62(68)40-23-27-44(70-2)28-24-40/h3-36H,1-2H3,(H,63,64)(H,65,66). The monoisotopic (exact) mass is 946 g/mol. The molecule has 0 aliphatic carbocycles. The minimum Gasteiger partial charge on any atom is -0.497 e. The van der Waals surface area contributed by atoms with E-state index < -0.39 is 23.9 Å². The van der Waals surface area contributed by atoms with Gasteiger partial charge >= 0.3 is 23.9 Å². The van der Waals surface area contributed by atoms with Crippen LogP contribution >= 0.6 is 0 Å². The van der Waals surface area contributed by atoms with Crippen molar-refractivity contribution in [2.75, 3.05) is 14.2 Å². The fourth-order valence-corrected chi connectivity index (χ4v) is 9.21. The SMILES string of the molecule is COc1ccc(C(=O)Oc2ccc(C(=O)O)c(-c3c(-c4c(-c5ccccc5)cc5ccccc5c4-c4cc(OC(=O)c5ccc(OC)cc5)ccc4C(=O)O)c(-c4ccccc4)cc4ccccc34)c2)cc1. The predicted octanol–water partition coefficient (Wildman–Crippen LogP) is 14.2. The second-order valence-electron chi connectivity index (χ2n) is 16.8. The van der Waals surface area contributed by atoms with Gasteiger partial charge in [-0.2, -0.15) is 0 Å². The van der Waals surface area contributed by atoms with Gasteiger partial charge in [-0.25, -0.2) is 19.2 Å². The quantitative estimate of drug-likeness (QED) is 0.0846. The van der Waals surface area contributed by atoms with E-state index in [1.165, 1.54) is 38.5 Å². The number of carboxylic acids is 2. The Kier molecular flexibility index (Phi) is 12.6. The van der Waals surface area contributed by atoms with Crippen LogP contribution in [0.15, 0.2) is 206 Å². The summed E-state index contributed by atoms with van der Waals surface area (Å²) in [5.41, 5.74) is 5.76. The number of benzene rings is 10. The lowest BCUT2D eigenvalue weighted by Crippen LogP contribution is -2.10. The molecule has 0 radical (unpaired) electrons. The fourth-order valence-electron chi connectivity index (χ4n) is 9.21. The molecule has 0 atom stereocenters. The first-order chi connectivity index (χ1) is 35.1. The van der Waals surface area contributed by atoms with Gasteiger partial charge in [0.25, 0.3) is 0 Å². The van der Waals surface area contributed by atoms with Gasteiger partial charge in [-0.15, -0.1) is 0 Å². The Balaban J connectivity index is 1.34. The average molecular weight is 947 g/mol. The lowest BCUT2D eigenvalue weighted by Gasteiger charge is -2.27. The molecule has 10 nitrogen and oxygen atoms in total. The summed E-state index contributed by atoms with van der Waals surface area (Å²) in [5.74, 6) is -2.55. The van der Waals surface area contributed by atoms with E-state index in [9.17, 15) is 29.4 Å². The molecule has 10 heteroatoms. The Morgan fingerprint density at radius 2 is 0.694 bits per heavy atom. The van der Waals surface area contributed by atoms with E-state index in [2.05, 4.69) is 12.1 Å². The lowest BCUT2D eigenvalue weighted by atomic mass is 9.76. The maximum atomic E-state index is 13.8. The molecular weight excluding hydrogens is 905 g/mol. The van der Waals surface area contributed by atoms with Crippen molar-refractivity contribution in [3.8, 4) is 78.6 Å². The van der Waals surface area contributed by atoms with Crippen molar-refractivity contribution >= 4 is 45.4 Å². The number of methoxy groups -OCH3 is 2. The van der Waals surface area contributed by atoms with Crippen LogP contribution in [-0.2, 0) is 0 Å². The summed E-state index contributed by atoms with van der Waals surface area (Å²) in [5, 5.41) is 25.1. The van der Waals surface area contributed by atoms with Gasteiger partial charge in [0.2, 0.25) is 0 Å². The molecule has 0 saturated carbocycles. The molecule has 0 aliphatic heterocycles. The largest absolute Gasteiger partial charge is 0.497 e. The van der Waals surface area contributed by atoms with Crippen LogP contribution < -0.4 is 18.9 Å². The van der Waals surface area contributed by atoms with Gasteiger partial charge in [0.1, 0.15) is 23.0 Å². The third-order valence-corrected chi connectivity index (χ3v) is 12.6. The molecule has 0 unspecified atom stereocenters. The van der Waals surface area contributed by atoms with Crippen molar-refractivity contribution in [1.29, 1.82) is 0 Å². The summed E-state index contributed by atoms with van der Waals surface area (Å²) in [7, 11) is 3.05. The number of carbonyl (C=O) groups is 4. The highest BCUT2D eigenvalue weighted by Gasteiger charge is 2.30. The Hall–Kier alpha value is -9.80. The van der Waals surface area contributed by atoms with Crippen molar-refractivity contribution in [2.24, 2.45) is 0 Å². The van der Waals surface area contributed by atoms with Crippen molar-refractivity contribution in [3.05, 3.63) is 229 Å². The lowest BCUT2D eigenvalue weighted by molar-refractivity contribution is 0.0686. The molecule has 350 valence electrons. The molecule has 0 fully saturated rings. The Morgan fingerprint density at radius 3 is 1.06 bits per heavy atom. The summed E-state index contributed by atoms with van der Waals surface area (Å²) in [6, 6.07) is 60.5. The second kappa shape index (κ2) is 19.7. The van der Waals surface area contributed by atoms with Gasteiger partial charge in [0.05, 0.1) is 36.5 Å². The van der Waals surface area contributed by atoms with E-state index in [1.54, 1.807) is 60.7 Å². The number of hydrogen-bond acceptors (Lipinski definition) is 8. The Labute approximate surface area is 413 Å². The van der Waals surface area contributed by atoms with Crippen LogP contribution in [0, 0.1) is 0 Å².